The molecule has 10 heteroatoms. The molecule has 0 radical (unpaired) electrons. The van der Waals surface area contributed by atoms with Crippen LogP contribution in [-0.2, 0) is 10.4 Å². The summed E-state index contributed by atoms with van der Waals surface area (Å²) in [5, 5.41) is 18.1. The number of hydrogen-bond donors (Lipinski definition) is 3. The molecule has 114 valence electrons. The van der Waals surface area contributed by atoms with Crippen LogP contribution in [0.15, 0.2) is 36.4 Å². The highest BCUT2D eigenvalue weighted by Crippen LogP contribution is 2.25. The first-order valence-electron chi connectivity index (χ1n) is 5.95. The van der Waals surface area contributed by atoms with E-state index in [0.29, 0.717) is 22.4 Å². The second kappa shape index (κ2) is 4.86. The molecule has 0 saturated carbocycles. The van der Waals surface area contributed by atoms with Crippen LogP contribution >= 0.6 is 0 Å². The average molecular weight is 322 g/mol. The molecule has 22 heavy (non-hydrogen) atoms. The van der Waals surface area contributed by atoms with Crippen LogP contribution in [0.25, 0.3) is 16.7 Å². The highest BCUT2D eigenvalue weighted by atomic mass is 32.3. The molecule has 0 aliphatic carbocycles. The van der Waals surface area contributed by atoms with E-state index in [-0.39, 0.29) is 11.5 Å². The lowest BCUT2D eigenvalue weighted by molar-refractivity contribution is 0.387. The zero-order chi connectivity index (χ0) is 15.9. The van der Waals surface area contributed by atoms with Gasteiger partial charge < -0.3 is 15.0 Å². The van der Waals surface area contributed by atoms with Gasteiger partial charge in [-0.1, -0.05) is 0 Å². The van der Waals surface area contributed by atoms with Crippen molar-refractivity contribution >= 4 is 27.1 Å². The Kier molecular flexibility index (Phi) is 3.11. The summed E-state index contributed by atoms with van der Waals surface area (Å²) in [6, 6.07) is 8.55. The highest BCUT2D eigenvalue weighted by Gasteiger charge is 2.12. The van der Waals surface area contributed by atoms with E-state index in [2.05, 4.69) is 14.4 Å². The Morgan fingerprint density at radius 3 is 2.50 bits per heavy atom. The Labute approximate surface area is 124 Å². The minimum Gasteiger partial charge on any atom is -0.506 e. The lowest BCUT2D eigenvalue weighted by atomic mass is 10.2. The van der Waals surface area contributed by atoms with Crippen molar-refractivity contribution in [2.45, 2.75) is 0 Å². The van der Waals surface area contributed by atoms with Crippen molar-refractivity contribution in [3.63, 3.8) is 0 Å². The fourth-order valence-corrected chi connectivity index (χ4v) is 2.23. The highest BCUT2D eigenvalue weighted by molar-refractivity contribution is 7.81. The molecule has 0 aliphatic rings. The second-order valence-electron chi connectivity index (χ2n) is 4.40. The summed E-state index contributed by atoms with van der Waals surface area (Å²) in [6.07, 6.45) is 0. The third kappa shape index (κ3) is 2.77. The number of nitrogens with zero attached hydrogens (tertiary/aromatic N) is 3. The smallest absolute Gasteiger partial charge is 0.446 e. The van der Waals surface area contributed by atoms with Crippen LogP contribution in [0, 0.1) is 0 Å². The number of fused-ring (bicyclic) bond motifs is 1. The summed E-state index contributed by atoms with van der Waals surface area (Å²) in [5.74, 6) is -0.210. The monoisotopic (exact) mass is 322 g/mol. The van der Waals surface area contributed by atoms with E-state index < -0.39 is 10.4 Å². The number of hydrogen-bond acceptors (Lipinski definition) is 7. The average Bonchev–Trinajstić information content (AvgIpc) is 2.79. The van der Waals surface area contributed by atoms with Gasteiger partial charge in [-0.25, -0.2) is 0 Å². The summed E-state index contributed by atoms with van der Waals surface area (Å²) in [5.41, 5.74) is 7.01. The van der Waals surface area contributed by atoms with Crippen LogP contribution in [0.5, 0.6) is 11.5 Å². The molecule has 1 aromatic heterocycles. The van der Waals surface area contributed by atoms with Crippen LogP contribution < -0.4 is 9.92 Å². The molecule has 0 fully saturated rings. The van der Waals surface area contributed by atoms with Crippen molar-refractivity contribution in [2.24, 2.45) is 0 Å². The Morgan fingerprint density at radius 1 is 1.09 bits per heavy atom. The molecular weight excluding hydrogens is 312 g/mol. The molecule has 0 saturated heterocycles. The molecule has 0 spiro atoms. The minimum absolute atomic E-state index is 0.102. The zero-order valence-corrected chi connectivity index (χ0v) is 11.7. The van der Waals surface area contributed by atoms with Crippen molar-refractivity contribution in [3.05, 3.63) is 36.4 Å². The maximum absolute atomic E-state index is 10.7. The van der Waals surface area contributed by atoms with Crippen LogP contribution in [0.1, 0.15) is 0 Å². The first kappa shape index (κ1) is 14.1. The van der Waals surface area contributed by atoms with Gasteiger partial charge in [-0.05, 0) is 24.3 Å². The lowest BCUT2D eigenvalue weighted by Crippen LogP contribution is -2.06. The molecule has 2 aromatic carbocycles. The van der Waals surface area contributed by atoms with E-state index in [1.54, 1.807) is 12.1 Å². The standard InChI is InChI=1S/C12H10N4O5S/c13-7-1-4-11(12(17)5-7)16-14-9-3-2-8(6-10(9)15-16)21-22(18,19)20/h1-6,17H,13H2,(H,18,19,20). The molecule has 1 heterocycles. The van der Waals surface area contributed by atoms with Crippen molar-refractivity contribution < 1.29 is 22.3 Å². The SMILES string of the molecule is Nc1ccc(-n2nc3ccc(OS(=O)(=O)O)cc3n2)c(O)c1. The fourth-order valence-electron chi connectivity index (χ4n) is 1.89. The summed E-state index contributed by atoms with van der Waals surface area (Å²) in [6.45, 7) is 0. The molecule has 3 rings (SSSR count). The van der Waals surface area contributed by atoms with E-state index in [4.69, 9.17) is 10.3 Å². The Balaban J connectivity index is 2.06. The predicted octanol–water partition coefficient (Wildman–Crippen LogP) is 0.890. The summed E-state index contributed by atoms with van der Waals surface area (Å²) in [4.78, 5) is 1.18. The topological polar surface area (TPSA) is 141 Å². The number of anilines is 1. The molecule has 0 bridgehead atoms. The van der Waals surface area contributed by atoms with Gasteiger partial charge in [-0.2, -0.15) is 8.42 Å². The number of nitrogens with two attached hydrogens (primary N) is 1. The first-order chi connectivity index (χ1) is 10.3. The predicted molar refractivity (Wildman–Crippen MR) is 77.1 cm³/mol. The van der Waals surface area contributed by atoms with E-state index in [9.17, 15) is 13.5 Å². The maximum Gasteiger partial charge on any atom is 0.446 e. The quantitative estimate of drug-likeness (QED) is 0.477. The largest absolute Gasteiger partial charge is 0.506 e. The van der Waals surface area contributed by atoms with Gasteiger partial charge in [-0.3, -0.25) is 4.55 Å². The Morgan fingerprint density at radius 2 is 1.82 bits per heavy atom. The van der Waals surface area contributed by atoms with Gasteiger partial charge in [0.1, 0.15) is 28.2 Å². The Hall–Kier alpha value is -2.85. The van der Waals surface area contributed by atoms with Gasteiger partial charge in [0.15, 0.2) is 0 Å². The normalized spacial score (nSPS) is 11.7. The maximum atomic E-state index is 10.7. The van der Waals surface area contributed by atoms with Gasteiger partial charge >= 0.3 is 10.4 Å². The van der Waals surface area contributed by atoms with Gasteiger partial charge in [0.05, 0.1) is 0 Å². The summed E-state index contributed by atoms with van der Waals surface area (Å²) >= 11 is 0. The summed E-state index contributed by atoms with van der Waals surface area (Å²) < 4.78 is 34.4. The van der Waals surface area contributed by atoms with Crippen LogP contribution in [0.3, 0.4) is 0 Å². The van der Waals surface area contributed by atoms with Crippen LogP contribution in [0.4, 0.5) is 5.69 Å². The van der Waals surface area contributed by atoms with Crippen molar-refractivity contribution in [2.75, 3.05) is 5.73 Å². The number of phenols is 1. The number of aromatic hydroxyl groups is 1. The number of phenolic OH excluding ortho intramolecular Hbond substituents is 1. The van der Waals surface area contributed by atoms with E-state index in [1.807, 2.05) is 0 Å². The third-order valence-electron chi connectivity index (χ3n) is 2.77. The van der Waals surface area contributed by atoms with Gasteiger partial charge in [-0.15, -0.1) is 15.0 Å². The fraction of sp³-hybridized carbons (Fsp3) is 0. The van der Waals surface area contributed by atoms with Crippen molar-refractivity contribution in [1.29, 1.82) is 0 Å². The molecule has 4 N–H and O–H groups in total. The third-order valence-corrected chi connectivity index (χ3v) is 3.17. The number of rotatable bonds is 3. The molecular formula is C12H10N4O5S. The molecule has 0 aliphatic heterocycles. The molecule has 3 aromatic rings. The van der Waals surface area contributed by atoms with Gasteiger partial charge in [0.2, 0.25) is 0 Å². The number of benzene rings is 2. The summed E-state index contributed by atoms with van der Waals surface area (Å²) in [7, 11) is -4.61. The number of nitrogen functional groups attached to an aromatic ring is 1. The van der Waals surface area contributed by atoms with Crippen LogP contribution in [-0.4, -0.2) is 33.1 Å². The number of aromatic nitrogens is 3. The second-order valence-corrected chi connectivity index (χ2v) is 5.42. The Bertz CT molecular complexity index is 967. The van der Waals surface area contributed by atoms with Crippen LogP contribution in [0.2, 0.25) is 0 Å². The first-order valence-corrected chi connectivity index (χ1v) is 7.31. The molecule has 0 atom stereocenters. The molecule has 0 amide bonds. The lowest BCUT2D eigenvalue weighted by Gasteiger charge is -2.03. The zero-order valence-electron chi connectivity index (χ0n) is 10.9. The molecule has 0 unspecified atom stereocenters. The van der Waals surface area contributed by atoms with E-state index >= 15 is 0 Å². The molecule has 9 nitrogen and oxygen atoms in total. The van der Waals surface area contributed by atoms with E-state index in [0.717, 1.165) is 0 Å². The van der Waals surface area contributed by atoms with Gasteiger partial charge in [0, 0.05) is 17.8 Å². The minimum atomic E-state index is -4.61. The van der Waals surface area contributed by atoms with E-state index in [1.165, 1.54) is 29.1 Å². The van der Waals surface area contributed by atoms with Crippen molar-refractivity contribution in [1.82, 2.24) is 15.0 Å². The van der Waals surface area contributed by atoms with Crippen molar-refractivity contribution in [3.8, 4) is 17.2 Å². The van der Waals surface area contributed by atoms with Gasteiger partial charge in [0.25, 0.3) is 0 Å².